The van der Waals surface area contributed by atoms with Gasteiger partial charge in [0.15, 0.2) is 0 Å². The third-order valence-corrected chi connectivity index (χ3v) is 5.74. The van der Waals surface area contributed by atoms with Gasteiger partial charge in [0.25, 0.3) is 0 Å². The molecule has 1 unspecified atom stereocenters. The minimum Gasteiger partial charge on any atom is -0.481 e. The lowest BCUT2D eigenvalue weighted by atomic mass is 9.87. The van der Waals surface area contributed by atoms with E-state index in [0.29, 0.717) is 31.4 Å². The fourth-order valence-electron chi connectivity index (χ4n) is 3.80. The third-order valence-electron chi connectivity index (χ3n) is 5.74. The van der Waals surface area contributed by atoms with Crippen LogP contribution in [0.15, 0.2) is 6.07 Å². The highest BCUT2D eigenvalue weighted by Crippen LogP contribution is 2.34. The fraction of sp³-hybridized carbons (Fsp3) is 0.737. The third kappa shape index (κ3) is 4.61. The Labute approximate surface area is 161 Å². The molecule has 27 heavy (non-hydrogen) atoms. The molecule has 0 aliphatic carbocycles. The molecule has 0 aromatic carbocycles. The molecule has 2 fully saturated rings. The smallest absolute Gasteiger partial charge is 0.225 e. The second kappa shape index (κ2) is 8.29. The zero-order valence-corrected chi connectivity index (χ0v) is 16.6. The number of nitrogens with zero attached hydrogens (tertiary/aromatic N) is 4. The average Bonchev–Trinajstić information content (AvgIpc) is 2.80. The van der Waals surface area contributed by atoms with Gasteiger partial charge in [0, 0.05) is 32.2 Å². The maximum absolute atomic E-state index is 12.8. The van der Waals surface area contributed by atoms with Gasteiger partial charge in [-0.2, -0.15) is 9.97 Å². The van der Waals surface area contributed by atoms with E-state index in [2.05, 4.69) is 28.7 Å². The summed E-state index contributed by atoms with van der Waals surface area (Å²) in [5.74, 6) is 2.15. The summed E-state index contributed by atoms with van der Waals surface area (Å²) >= 11 is 0. The van der Waals surface area contributed by atoms with Crippen LogP contribution in [0.3, 0.4) is 0 Å². The van der Waals surface area contributed by atoms with Crippen molar-refractivity contribution < 1.29 is 14.3 Å². The van der Waals surface area contributed by atoms with Crippen LogP contribution < -0.4 is 15.4 Å². The van der Waals surface area contributed by atoms with Crippen LogP contribution in [-0.4, -0.2) is 66.3 Å². The van der Waals surface area contributed by atoms with E-state index < -0.39 is 0 Å². The molecule has 1 atom stereocenters. The van der Waals surface area contributed by atoms with Crippen molar-refractivity contribution in [1.82, 2.24) is 14.9 Å². The molecular formula is C19H31N5O3. The number of nitrogen functional groups attached to an aromatic ring is 1. The van der Waals surface area contributed by atoms with Gasteiger partial charge in [-0.25, -0.2) is 0 Å². The first-order valence-corrected chi connectivity index (χ1v) is 9.80. The van der Waals surface area contributed by atoms with E-state index in [4.69, 9.17) is 15.2 Å². The van der Waals surface area contributed by atoms with Crippen LogP contribution in [0.1, 0.15) is 39.5 Å². The van der Waals surface area contributed by atoms with E-state index in [1.165, 1.54) is 0 Å². The van der Waals surface area contributed by atoms with Crippen LogP contribution >= 0.6 is 0 Å². The summed E-state index contributed by atoms with van der Waals surface area (Å²) in [6.45, 7) is 7.99. The van der Waals surface area contributed by atoms with Crippen LogP contribution in [0.5, 0.6) is 5.88 Å². The number of carbonyl (C=O) groups excluding carboxylic acids is 1. The first kappa shape index (κ1) is 19.7. The Morgan fingerprint density at radius 1 is 1.33 bits per heavy atom. The van der Waals surface area contributed by atoms with Crippen LogP contribution in [0.4, 0.5) is 11.8 Å². The summed E-state index contributed by atoms with van der Waals surface area (Å²) in [5.41, 5.74) is 5.42. The Morgan fingerprint density at radius 3 is 2.74 bits per heavy atom. The monoisotopic (exact) mass is 377 g/mol. The molecule has 3 rings (SSSR count). The molecule has 1 amide bonds. The minimum atomic E-state index is -0.361. The highest BCUT2D eigenvalue weighted by molar-refractivity contribution is 5.77. The van der Waals surface area contributed by atoms with Crippen LogP contribution in [0.2, 0.25) is 0 Å². The molecule has 2 aliphatic heterocycles. The fourth-order valence-corrected chi connectivity index (χ4v) is 3.80. The zero-order chi connectivity index (χ0) is 19.4. The molecule has 2 N–H and O–H groups in total. The number of hydrogen-bond donors (Lipinski definition) is 1. The number of ether oxygens (including phenoxy) is 2. The van der Waals surface area contributed by atoms with Crippen molar-refractivity contribution >= 4 is 17.7 Å². The van der Waals surface area contributed by atoms with Crippen molar-refractivity contribution in [3.05, 3.63) is 6.07 Å². The first-order chi connectivity index (χ1) is 12.9. The molecule has 8 nitrogen and oxygen atoms in total. The molecule has 8 heteroatoms. The average molecular weight is 377 g/mol. The quantitative estimate of drug-likeness (QED) is 0.834. The van der Waals surface area contributed by atoms with Gasteiger partial charge in [0.2, 0.25) is 17.7 Å². The normalized spacial score (nSPS) is 21.2. The summed E-state index contributed by atoms with van der Waals surface area (Å²) in [6, 6.07) is 1.79. The second-order valence-corrected chi connectivity index (χ2v) is 7.68. The van der Waals surface area contributed by atoms with Gasteiger partial charge in [-0.05, 0) is 18.8 Å². The van der Waals surface area contributed by atoms with Gasteiger partial charge in [0.1, 0.15) is 5.82 Å². The molecule has 2 aliphatic rings. The maximum Gasteiger partial charge on any atom is 0.225 e. The Kier molecular flexibility index (Phi) is 6.04. The van der Waals surface area contributed by atoms with Crippen LogP contribution in [-0.2, 0) is 9.53 Å². The lowest BCUT2D eigenvalue weighted by Gasteiger charge is -2.41. The molecule has 150 valence electrons. The van der Waals surface area contributed by atoms with E-state index in [9.17, 15) is 4.79 Å². The summed E-state index contributed by atoms with van der Waals surface area (Å²) in [6.07, 6.45) is 3.13. The van der Waals surface area contributed by atoms with Crippen molar-refractivity contribution in [2.45, 2.75) is 45.1 Å². The van der Waals surface area contributed by atoms with Gasteiger partial charge >= 0.3 is 0 Å². The molecule has 1 spiro atoms. The summed E-state index contributed by atoms with van der Waals surface area (Å²) in [4.78, 5) is 25.3. The molecule has 3 heterocycles. The van der Waals surface area contributed by atoms with E-state index in [1.54, 1.807) is 13.2 Å². The van der Waals surface area contributed by atoms with E-state index >= 15 is 0 Å². The highest BCUT2D eigenvalue weighted by Gasteiger charge is 2.41. The molecular weight excluding hydrogens is 346 g/mol. The number of anilines is 2. The molecule has 0 radical (unpaired) electrons. The van der Waals surface area contributed by atoms with Crippen molar-refractivity contribution in [3.8, 4) is 5.88 Å². The Bertz CT molecular complexity index is 661. The van der Waals surface area contributed by atoms with Gasteiger partial charge in [-0.3, -0.25) is 4.79 Å². The number of aromatic nitrogens is 2. The topological polar surface area (TPSA) is 93.8 Å². The molecule has 0 saturated carbocycles. The zero-order valence-electron chi connectivity index (χ0n) is 16.6. The Hall–Kier alpha value is -2.09. The lowest BCUT2D eigenvalue weighted by Crippen LogP contribution is -2.47. The SMILES string of the molecule is CCC(C)CN1CCOC2(CCN(c3cc(OC)nc(N)n3)CC2)CC1=O. The van der Waals surface area contributed by atoms with Crippen LogP contribution in [0.25, 0.3) is 0 Å². The number of methoxy groups -OCH3 is 1. The van der Waals surface area contributed by atoms with Crippen LogP contribution in [0, 0.1) is 5.92 Å². The summed E-state index contributed by atoms with van der Waals surface area (Å²) in [5, 5.41) is 0. The van der Waals surface area contributed by atoms with Gasteiger partial charge in [-0.15, -0.1) is 0 Å². The first-order valence-electron chi connectivity index (χ1n) is 9.80. The number of carbonyl (C=O) groups is 1. The van der Waals surface area contributed by atoms with Gasteiger partial charge in [-0.1, -0.05) is 20.3 Å². The number of rotatable bonds is 5. The molecule has 2 saturated heterocycles. The highest BCUT2D eigenvalue weighted by atomic mass is 16.5. The molecule has 1 aromatic heterocycles. The maximum atomic E-state index is 12.8. The summed E-state index contributed by atoms with van der Waals surface area (Å²) < 4.78 is 11.4. The Morgan fingerprint density at radius 2 is 2.07 bits per heavy atom. The van der Waals surface area contributed by atoms with E-state index in [1.807, 2.05) is 4.90 Å². The van der Waals surface area contributed by atoms with Crippen molar-refractivity contribution in [1.29, 1.82) is 0 Å². The number of hydrogen-bond acceptors (Lipinski definition) is 7. The second-order valence-electron chi connectivity index (χ2n) is 7.68. The van der Waals surface area contributed by atoms with Gasteiger partial charge < -0.3 is 25.0 Å². The lowest BCUT2D eigenvalue weighted by molar-refractivity contribution is -0.134. The number of amides is 1. The van der Waals surface area contributed by atoms with Gasteiger partial charge in [0.05, 0.1) is 25.7 Å². The standard InChI is InChI=1S/C19H31N5O3/c1-4-14(2)13-24-9-10-27-19(12-17(24)25)5-7-23(8-6-19)15-11-16(26-3)22-18(20)21-15/h11,14H,4-10,12-13H2,1-3H3,(H2,20,21,22). The van der Waals surface area contributed by atoms with Crippen molar-refractivity contribution in [2.24, 2.45) is 5.92 Å². The summed E-state index contributed by atoms with van der Waals surface area (Å²) in [7, 11) is 1.56. The predicted octanol–water partition coefficient (Wildman–Crippen LogP) is 1.70. The molecule has 1 aromatic rings. The largest absolute Gasteiger partial charge is 0.481 e. The number of piperidine rings is 1. The Balaban J connectivity index is 1.64. The van der Waals surface area contributed by atoms with Crippen molar-refractivity contribution in [2.75, 3.05) is 50.5 Å². The minimum absolute atomic E-state index is 0.200. The van der Waals surface area contributed by atoms with Crippen molar-refractivity contribution in [3.63, 3.8) is 0 Å². The van der Waals surface area contributed by atoms with E-state index in [-0.39, 0.29) is 17.5 Å². The van der Waals surface area contributed by atoms with E-state index in [0.717, 1.165) is 44.7 Å². The predicted molar refractivity (Wildman–Crippen MR) is 104 cm³/mol. The number of nitrogens with two attached hydrogens (primary N) is 1. The molecule has 0 bridgehead atoms.